The van der Waals surface area contributed by atoms with Gasteiger partial charge < -0.3 is 13.7 Å². The zero-order chi connectivity index (χ0) is 17.4. The number of hydrogen-bond acceptors (Lipinski definition) is 6. The summed E-state index contributed by atoms with van der Waals surface area (Å²) in [5.74, 6) is 1.19. The highest BCUT2D eigenvalue weighted by atomic mass is 35.5. The van der Waals surface area contributed by atoms with E-state index in [1.165, 1.54) is 0 Å². The van der Waals surface area contributed by atoms with Gasteiger partial charge in [0.2, 0.25) is 11.7 Å². The molecule has 3 heterocycles. The summed E-state index contributed by atoms with van der Waals surface area (Å²) >= 11 is 6.22. The Morgan fingerprint density at radius 3 is 2.88 bits per heavy atom. The van der Waals surface area contributed by atoms with Gasteiger partial charge in [-0.1, -0.05) is 28.9 Å². The summed E-state index contributed by atoms with van der Waals surface area (Å²) in [5, 5.41) is 5.38. The molecule has 0 atom stereocenters. The molecule has 3 aromatic heterocycles. The maximum atomic E-state index is 6.22. The molecule has 0 fully saturated rings. The van der Waals surface area contributed by atoms with Crippen LogP contribution in [0.25, 0.3) is 33.8 Å². The zero-order valence-electron chi connectivity index (χ0n) is 13.6. The number of aromatic nitrogens is 3. The van der Waals surface area contributed by atoms with Gasteiger partial charge in [0.15, 0.2) is 0 Å². The molecule has 0 amide bonds. The Morgan fingerprint density at radius 2 is 2.08 bits per heavy atom. The van der Waals surface area contributed by atoms with E-state index in [0.29, 0.717) is 28.2 Å². The van der Waals surface area contributed by atoms with E-state index in [1.54, 1.807) is 18.5 Å². The van der Waals surface area contributed by atoms with E-state index in [0.717, 1.165) is 16.5 Å². The van der Waals surface area contributed by atoms with Crippen molar-refractivity contribution in [3.05, 3.63) is 47.8 Å². The number of hydrogen-bond donors (Lipinski definition) is 0. The van der Waals surface area contributed by atoms with Crippen molar-refractivity contribution in [2.75, 3.05) is 0 Å². The molecule has 25 heavy (non-hydrogen) atoms. The van der Waals surface area contributed by atoms with Gasteiger partial charge in [-0.3, -0.25) is 0 Å². The molecule has 0 aliphatic rings. The maximum absolute atomic E-state index is 6.22. The van der Waals surface area contributed by atoms with Crippen molar-refractivity contribution < 1.29 is 13.7 Å². The molecule has 4 aromatic rings. The average molecular weight is 356 g/mol. The summed E-state index contributed by atoms with van der Waals surface area (Å²) in [6.45, 7) is 3.82. The Hall–Kier alpha value is -2.86. The predicted octanol–water partition coefficient (Wildman–Crippen LogP) is 4.99. The van der Waals surface area contributed by atoms with Gasteiger partial charge in [0.05, 0.1) is 17.9 Å². The van der Waals surface area contributed by atoms with E-state index >= 15 is 0 Å². The first-order chi connectivity index (χ1) is 12.1. The molecule has 7 heteroatoms. The third-order valence-corrected chi connectivity index (χ3v) is 3.84. The molecule has 4 rings (SSSR count). The minimum Gasteiger partial charge on any atom is -0.474 e. The topological polar surface area (TPSA) is 74.2 Å². The molecule has 0 unspecified atom stereocenters. The number of rotatable bonds is 4. The van der Waals surface area contributed by atoms with E-state index in [-0.39, 0.29) is 6.10 Å². The number of ether oxygens (including phenoxy) is 1. The molecule has 0 N–H and O–H groups in total. The average Bonchev–Trinajstić information content (AvgIpc) is 3.24. The molecule has 0 aliphatic heterocycles. The molecule has 126 valence electrons. The van der Waals surface area contributed by atoms with Crippen molar-refractivity contribution in [1.29, 1.82) is 0 Å². The van der Waals surface area contributed by atoms with Gasteiger partial charge in [-0.2, -0.15) is 4.98 Å². The standard InChI is InChI=1S/C18H14ClN3O3/c1-10(2)24-18-14(19)8-11(9-20-18)17-21-16(22-25-17)13-4-3-5-15-12(13)6-7-23-15/h3-10H,1-2H3. The molecular formula is C18H14ClN3O3. The van der Waals surface area contributed by atoms with Crippen molar-refractivity contribution in [3.63, 3.8) is 0 Å². The van der Waals surface area contributed by atoms with Crippen molar-refractivity contribution >= 4 is 22.6 Å². The van der Waals surface area contributed by atoms with Gasteiger partial charge in [-0.25, -0.2) is 4.98 Å². The number of fused-ring (bicyclic) bond motifs is 1. The monoisotopic (exact) mass is 355 g/mol. The van der Waals surface area contributed by atoms with Crippen LogP contribution in [0, 0.1) is 0 Å². The molecule has 1 aromatic carbocycles. The summed E-state index contributed by atoms with van der Waals surface area (Å²) in [5.41, 5.74) is 2.23. The molecule has 0 aliphatic carbocycles. The van der Waals surface area contributed by atoms with Gasteiger partial charge in [0.25, 0.3) is 5.89 Å². The van der Waals surface area contributed by atoms with Crippen LogP contribution in [0.2, 0.25) is 5.02 Å². The Bertz CT molecular complexity index is 1040. The van der Waals surface area contributed by atoms with Crippen molar-refractivity contribution in [2.24, 2.45) is 0 Å². The van der Waals surface area contributed by atoms with E-state index in [1.807, 2.05) is 38.1 Å². The highest BCUT2D eigenvalue weighted by molar-refractivity contribution is 6.32. The minimum atomic E-state index is -0.0127. The van der Waals surface area contributed by atoms with Crippen LogP contribution >= 0.6 is 11.6 Å². The Morgan fingerprint density at radius 1 is 1.20 bits per heavy atom. The van der Waals surface area contributed by atoms with Gasteiger partial charge in [-0.05, 0) is 32.0 Å². The second-order valence-corrected chi connectivity index (χ2v) is 6.15. The van der Waals surface area contributed by atoms with Crippen LogP contribution in [-0.2, 0) is 0 Å². The summed E-state index contributed by atoms with van der Waals surface area (Å²) in [7, 11) is 0. The van der Waals surface area contributed by atoms with Crippen LogP contribution < -0.4 is 4.74 Å². The van der Waals surface area contributed by atoms with E-state index in [2.05, 4.69) is 15.1 Å². The second-order valence-electron chi connectivity index (χ2n) is 5.74. The summed E-state index contributed by atoms with van der Waals surface area (Å²) in [4.78, 5) is 8.67. The molecule has 0 bridgehead atoms. The Balaban J connectivity index is 1.70. The highest BCUT2D eigenvalue weighted by Gasteiger charge is 2.16. The predicted molar refractivity (Wildman–Crippen MR) is 93.5 cm³/mol. The first-order valence-electron chi connectivity index (χ1n) is 7.74. The van der Waals surface area contributed by atoms with E-state index in [9.17, 15) is 0 Å². The van der Waals surface area contributed by atoms with Gasteiger partial charge in [0.1, 0.15) is 10.6 Å². The lowest BCUT2D eigenvalue weighted by molar-refractivity contribution is 0.233. The fraction of sp³-hybridized carbons (Fsp3) is 0.167. The van der Waals surface area contributed by atoms with E-state index in [4.69, 9.17) is 25.3 Å². The van der Waals surface area contributed by atoms with Crippen LogP contribution in [0.5, 0.6) is 5.88 Å². The number of nitrogens with zero attached hydrogens (tertiary/aromatic N) is 3. The number of halogens is 1. The quantitative estimate of drug-likeness (QED) is 0.513. The minimum absolute atomic E-state index is 0.0127. The SMILES string of the molecule is CC(C)Oc1ncc(-c2nc(-c3cccc4occc34)no2)cc1Cl. The number of furan rings is 1. The first kappa shape index (κ1) is 15.7. The fourth-order valence-corrected chi connectivity index (χ4v) is 2.70. The third kappa shape index (κ3) is 2.96. The molecule has 6 nitrogen and oxygen atoms in total. The van der Waals surface area contributed by atoms with Gasteiger partial charge >= 0.3 is 0 Å². The van der Waals surface area contributed by atoms with Crippen molar-refractivity contribution in [2.45, 2.75) is 20.0 Å². The van der Waals surface area contributed by atoms with Gasteiger partial charge in [-0.15, -0.1) is 0 Å². The second kappa shape index (κ2) is 6.22. The highest BCUT2D eigenvalue weighted by Crippen LogP contribution is 2.31. The molecule has 0 saturated carbocycles. The first-order valence-corrected chi connectivity index (χ1v) is 8.12. The maximum Gasteiger partial charge on any atom is 0.259 e. The smallest absolute Gasteiger partial charge is 0.259 e. The molecule has 0 radical (unpaired) electrons. The molecule has 0 saturated heterocycles. The van der Waals surface area contributed by atoms with E-state index < -0.39 is 0 Å². The number of benzene rings is 1. The van der Waals surface area contributed by atoms with Crippen LogP contribution in [0.3, 0.4) is 0 Å². The zero-order valence-corrected chi connectivity index (χ0v) is 14.3. The van der Waals surface area contributed by atoms with Crippen molar-refractivity contribution in [1.82, 2.24) is 15.1 Å². The largest absolute Gasteiger partial charge is 0.474 e. The third-order valence-electron chi connectivity index (χ3n) is 3.56. The molecule has 0 spiro atoms. The Labute approximate surface area is 148 Å². The summed E-state index contributed by atoms with van der Waals surface area (Å²) in [6.07, 6.45) is 3.22. The van der Waals surface area contributed by atoms with Crippen LogP contribution in [-0.4, -0.2) is 21.2 Å². The lowest BCUT2D eigenvalue weighted by Gasteiger charge is -2.09. The number of pyridine rings is 1. The summed E-state index contributed by atoms with van der Waals surface area (Å²) < 4.78 is 16.3. The molecular weight excluding hydrogens is 342 g/mol. The lowest BCUT2D eigenvalue weighted by Crippen LogP contribution is -2.07. The normalized spacial score (nSPS) is 11.4. The van der Waals surface area contributed by atoms with Gasteiger partial charge in [0, 0.05) is 17.1 Å². The van der Waals surface area contributed by atoms with Crippen LogP contribution in [0.1, 0.15) is 13.8 Å². The lowest BCUT2D eigenvalue weighted by atomic mass is 10.1. The van der Waals surface area contributed by atoms with Crippen LogP contribution in [0.4, 0.5) is 0 Å². The van der Waals surface area contributed by atoms with Crippen LogP contribution in [0.15, 0.2) is 51.7 Å². The summed E-state index contributed by atoms with van der Waals surface area (Å²) in [6, 6.07) is 9.25. The van der Waals surface area contributed by atoms with Crippen molar-refractivity contribution in [3.8, 4) is 28.7 Å². The fourth-order valence-electron chi connectivity index (χ4n) is 2.49. The Kier molecular flexibility index (Phi) is 3.89.